The smallest absolute Gasteiger partial charge is 0.269 e. The number of benzene rings is 2. The normalized spacial score (nSPS) is 10.7. The first-order valence-electron chi connectivity index (χ1n) is 8.72. The highest BCUT2D eigenvalue weighted by Gasteiger charge is 2.09. The lowest BCUT2D eigenvalue weighted by molar-refractivity contribution is -0.116. The van der Waals surface area contributed by atoms with E-state index in [2.05, 4.69) is 15.3 Å². The average molecular weight is 407 g/mol. The van der Waals surface area contributed by atoms with Gasteiger partial charge in [-0.15, -0.1) is 0 Å². The molecule has 0 saturated carbocycles. The van der Waals surface area contributed by atoms with Gasteiger partial charge in [0.25, 0.3) is 5.56 Å². The summed E-state index contributed by atoms with van der Waals surface area (Å²) in [4.78, 5) is 32.8. The number of rotatable bonds is 5. The first-order valence-corrected chi connectivity index (χ1v) is 9.10. The van der Waals surface area contributed by atoms with Crippen LogP contribution in [0.25, 0.3) is 11.0 Å². The minimum atomic E-state index is -0.350. The zero-order valence-corrected chi connectivity index (χ0v) is 15.8. The number of pyridine rings is 1. The first-order chi connectivity index (χ1) is 14.1. The van der Waals surface area contributed by atoms with Gasteiger partial charge in [0, 0.05) is 11.1 Å². The predicted octanol–water partition coefficient (Wildman–Crippen LogP) is 3.88. The first kappa shape index (κ1) is 18.6. The van der Waals surface area contributed by atoms with Gasteiger partial charge in [0.2, 0.25) is 11.8 Å². The molecule has 29 heavy (non-hydrogen) atoms. The number of hydrogen-bond acceptors (Lipinski definition) is 5. The number of nitrogens with zero attached hydrogens (tertiary/aromatic N) is 3. The van der Waals surface area contributed by atoms with Crippen molar-refractivity contribution in [2.45, 2.75) is 6.54 Å². The number of fused-ring (bicyclic) bond motifs is 1. The number of anilines is 1. The van der Waals surface area contributed by atoms with Gasteiger partial charge in [-0.25, -0.2) is 9.97 Å². The molecule has 4 aromatic rings. The van der Waals surface area contributed by atoms with Gasteiger partial charge < -0.3 is 10.1 Å². The molecule has 0 radical (unpaired) electrons. The third-order valence-electron chi connectivity index (χ3n) is 4.11. The van der Waals surface area contributed by atoms with E-state index in [1.54, 1.807) is 54.6 Å². The maximum absolute atomic E-state index is 12.4. The molecule has 1 N–H and O–H groups in total. The molecule has 144 valence electrons. The maximum atomic E-state index is 12.4. The molecule has 2 heterocycles. The van der Waals surface area contributed by atoms with Gasteiger partial charge in [-0.2, -0.15) is 0 Å². The Morgan fingerprint density at radius 3 is 2.55 bits per heavy atom. The molecule has 0 unspecified atom stereocenters. The highest BCUT2D eigenvalue weighted by molar-refractivity contribution is 6.30. The fourth-order valence-corrected chi connectivity index (χ4v) is 2.89. The summed E-state index contributed by atoms with van der Waals surface area (Å²) in [5.41, 5.74) is 1.39. The van der Waals surface area contributed by atoms with Gasteiger partial charge in [-0.05, 0) is 42.5 Å². The van der Waals surface area contributed by atoms with Crippen LogP contribution in [0.2, 0.25) is 5.02 Å². The zero-order chi connectivity index (χ0) is 20.2. The van der Waals surface area contributed by atoms with Gasteiger partial charge in [0.15, 0.2) is 0 Å². The topological polar surface area (TPSA) is 86.1 Å². The van der Waals surface area contributed by atoms with Crippen LogP contribution in [0, 0.1) is 0 Å². The molecule has 8 heteroatoms. The van der Waals surface area contributed by atoms with Crippen LogP contribution in [-0.4, -0.2) is 20.4 Å². The summed E-state index contributed by atoms with van der Waals surface area (Å²) in [6, 6.07) is 17.4. The number of aromatic nitrogens is 3. The van der Waals surface area contributed by atoms with Crippen LogP contribution in [0.5, 0.6) is 11.6 Å². The lowest BCUT2D eigenvalue weighted by atomic mass is 10.3. The van der Waals surface area contributed by atoms with Gasteiger partial charge in [0.1, 0.15) is 12.3 Å². The van der Waals surface area contributed by atoms with Gasteiger partial charge >= 0.3 is 0 Å². The summed E-state index contributed by atoms with van der Waals surface area (Å²) in [5, 5.41) is 3.34. The molecule has 1 amide bonds. The van der Waals surface area contributed by atoms with Gasteiger partial charge in [0.05, 0.1) is 29.1 Å². The van der Waals surface area contributed by atoms with E-state index >= 15 is 0 Å². The molecule has 4 rings (SSSR count). The molecule has 0 aliphatic carbocycles. The van der Waals surface area contributed by atoms with Crippen molar-refractivity contribution in [2.75, 3.05) is 5.32 Å². The standard InChI is InChI=1S/C21H15ClN4O3/c22-14-5-8-16(9-6-14)29-20-10-7-15(11-24-20)25-19(27)13-26-18-4-2-1-3-17(18)23-12-21(26)28/h1-12H,13H2,(H,25,27). The fourth-order valence-electron chi connectivity index (χ4n) is 2.76. The van der Waals surface area contributed by atoms with Gasteiger partial charge in [-0.1, -0.05) is 23.7 Å². The van der Waals surface area contributed by atoms with Crippen molar-refractivity contribution in [3.8, 4) is 11.6 Å². The van der Waals surface area contributed by atoms with E-state index in [0.29, 0.717) is 33.4 Å². The Kier molecular flexibility index (Phi) is 5.22. The summed E-state index contributed by atoms with van der Waals surface area (Å²) in [5.74, 6) is 0.626. The number of hydrogen-bond donors (Lipinski definition) is 1. The minimum absolute atomic E-state index is 0.134. The van der Waals surface area contributed by atoms with E-state index in [9.17, 15) is 9.59 Å². The van der Waals surface area contributed by atoms with E-state index < -0.39 is 0 Å². The third-order valence-corrected chi connectivity index (χ3v) is 4.36. The third kappa shape index (κ3) is 4.41. The molecule has 0 aliphatic rings. The van der Waals surface area contributed by atoms with E-state index in [0.717, 1.165) is 0 Å². The predicted molar refractivity (Wildman–Crippen MR) is 110 cm³/mol. The SMILES string of the molecule is O=C(Cn1c(=O)cnc2ccccc21)Nc1ccc(Oc2ccc(Cl)cc2)nc1. The quantitative estimate of drug-likeness (QED) is 0.543. The Morgan fingerprint density at radius 2 is 1.79 bits per heavy atom. The summed E-state index contributed by atoms with van der Waals surface area (Å²) >= 11 is 5.85. The summed E-state index contributed by atoms with van der Waals surface area (Å²) in [7, 11) is 0. The van der Waals surface area contributed by atoms with E-state index in [1.165, 1.54) is 17.0 Å². The largest absolute Gasteiger partial charge is 0.439 e. The van der Waals surface area contributed by atoms with Crippen LogP contribution in [0.3, 0.4) is 0 Å². The van der Waals surface area contributed by atoms with Crippen LogP contribution >= 0.6 is 11.6 Å². The molecule has 0 saturated heterocycles. The Labute approximate surface area is 170 Å². The van der Waals surface area contributed by atoms with Gasteiger partial charge in [-0.3, -0.25) is 14.2 Å². The molecular weight excluding hydrogens is 392 g/mol. The summed E-state index contributed by atoms with van der Waals surface area (Å²) in [6.07, 6.45) is 2.69. The van der Waals surface area contributed by atoms with Crippen LogP contribution in [0.15, 0.2) is 77.9 Å². The van der Waals surface area contributed by atoms with Crippen molar-refractivity contribution >= 4 is 34.2 Å². The van der Waals surface area contributed by atoms with Crippen molar-refractivity contribution in [3.05, 3.63) is 88.4 Å². The monoisotopic (exact) mass is 406 g/mol. The molecule has 0 fully saturated rings. The van der Waals surface area contributed by atoms with Crippen molar-refractivity contribution in [1.29, 1.82) is 0 Å². The number of carbonyl (C=O) groups excluding carboxylic acids is 1. The second-order valence-electron chi connectivity index (χ2n) is 6.16. The van der Waals surface area contributed by atoms with Crippen molar-refractivity contribution in [2.24, 2.45) is 0 Å². The summed E-state index contributed by atoms with van der Waals surface area (Å²) in [6.45, 7) is -0.134. The van der Waals surface area contributed by atoms with Crippen molar-refractivity contribution in [3.63, 3.8) is 0 Å². The maximum Gasteiger partial charge on any atom is 0.269 e. The highest BCUT2D eigenvalue weighted by Crippen LogP contribution is 2.22. The lowest BCUT2D eigenvalue weighted by Gasteiger charge is -2.10. The second kappa shape index (κ2) is 8.12. The van der Waals surface area contributed by atoms with E-state index in [-0.39, 0.29) is 18.0 Å². The molecule has 0 bridgehead atoms. The lowest BCUT2D eigenvalue weighted by Crippen LogP contribution is -2.28. The molecular formula is C21H15ClN4O3. The number of ether oxygens (including phenoxy) is 1. The molecule has 0 aliphatic heterocycles. The van der Waals surface area contributed by atoms with Crippen LogP contribution in [-0.2, 0) is 11.3 Å². The van der Waals surface area contributed by atoms with Crippen LogP contribution in [0.4, 0.5) is 5.69 Å². The average Bonchev–Trinajstić information content (AvgIpc) is 2.73. The molecule has 0 atom stereocenters. The van der Waals surface area contributed by atoms with Crippen LogP contribution in [0.1, 0.15) is 0 Å². The van der Waals surface area contributed by atoms with Crippen LogP contribution < -0.4 is 15.6 Å². The minimum Gasteiger partial charge on any atom is -0.439 e. The Bertz CT molecular complexity index is 1220. The number of carbonyl (C=O) groups is 1. The Morgan fingerprint density at radius 1 is 1.00 bits per heavy atom. The fraction of sp³-hybridized carbons (Fsp3) is 0.0476. The summed E-state index contributed by atoms with van der Waals surface area (Å²) < 4.78 is 7.00. The Balaban J connectivity index is 1.44. The molecule has 2 aromatic carbocycles. The Hall–Kier alpha value is -3.71. The van der Waals surface area contributed by atoms with E-state index in [4.69, 9.17) is 16.3 Å². The number of amides is 1. The number of nitrogens with one attached hydrogen (secondary N) is 1. The highest BCUT2D eigenvalue weighted by atomic mass is 35.5. The zero-order valence-electron chi connectivity index (χ0n) is 15.1. The number of halogens is 1. The molecule has 7 nitrogen and oxygen atoms in total. The second-order valence-corrected chi connectivity index (χ2v) is 6.60. The molecule has 0 spiro atoms. The van der Waals surface area contributed by atoms with E-state index in [1.807, 2.05) is 6.07 Å². The van der Waals surface area contributed by atoms with Crippen molar-refractivity contribution in [1.82, 2.24) is 14.5 Å². The molecule has 2 aromatic heterocycles. The number of para-hydroxylation sites is 2. The van der Waals surface area contributed by atoms with Crippen molar-refractivity contribution < 1.29 is 9.53 Å².